The predicted octanol–water partition coefficient (Wildman–Crippen LogP) is 3.42. The van der Waals surface area contributed by atoms with Crippen LogP contribution in [0.25, 0.3) is 0 Å². The SMILES string of the molecule is NCC1CCCCN1C(=O)c1cc(C(F)(F)F)ccc1Br. The molecule has 1 unspecified atom stereocenters. The molecule has 0 radical (unpaired) electrons. The minimum absolute atomic E-state index is 0.0326. The fourth-order valence-electron chi connectivity index (χ4n) is 2.53. The molecule has 0 spiro atoms. The molecule has 0 aromatic heterocycles. The molecule has 1 aromatic rings. The lowest BCUT2D eigenvalue weighted by Crippen LogP contribution is -2.47. The average Bonchev–Trinajstić information content (AvgIpc) is 2.45. The van der Waals surface area contributed by atoms with Gasteiger partial charge in [0.05, 0.1) is 11.1 Å². The van der Waals surface area contributed by atoms with Crippen molar-refractivity contribution in [2.24, 2.45) is 5.73 Å². The van der Waals surface area contributed by atoms with Crippen LogP contribution in [0.4, 0.5) is 13.2 Å². The molecule has 1 atom stereocenters. The van der Waals surface area contributed by atoms with Crippen molar-refractivity contribution in [2.45, 2.75) is 31.5 Å². The third-order valence-electron chi connectivity index (χ3n) is 3.68. The van der Waals surface area contributed by atoms with Crippen LogP contribution in [0.5, 0.6) is 0 Å². The number of piperidine rings is 1. The number of halogens is 4. The van der Waals surface area contributed by atoms with Crippen LogP contribution in [0, 0.1) is 0 Å². The molecular weight excluding hydrogens is 349 g/mol. The summed E-state index contributed by atoms with van der Waals surface area (Å²) in [5.41, 5.74) is 4.87. The van der Waals surface area contributed by atoms with Crippen molar-refractivity contribution < 1.29 is 18.0 Å². The molecule has 116 valence electrons. The first kappa shape index (κ1) is 16.3. The van der Waals surface area contributed by atoms with E-state index in [9.17, 15) is 18.0 Å². The fourth-order valence-corrected chi connectivity index (χ4v) is 2.95. The molecule has 2 rings (SSSR count). The summed E-state index contributed by atoms with van der Waals surface area (Å²) in [7, 11) is 0. The zero-order valence-corrected chi connectivity index (χ0v) is 12.9. The van der Waals surface area contributed by atoms with Crippen LogP contribution in [0.1, 0.15) is 35.2 Å². The van der Waals surface area contributed by atoms with Crippen molar-refractivity contribution in [3.63, 3.8) is 0 Å². The first-order valence-corrected chi connectivity index (χ1v) is 7.51. The number of carbonyl (C=O) groups excluding carboxylic acids is 1. The lowest BCUT2D eigenvalue weighted by atomic mass is 10.0. The summed E-state index contributed by atoms with van der Waals surface area (Å²) in [6, 6.07) is 3.01. The number of carbonyl (C=O) groups is 1. The smallest absolute Gasteiger partial charge is 0.334 e. The van der Waals surface area contributed by atoms with Crippen molar-refractivity contribution in [3.05, 3.63) is 33.8 Å². The number of rotatable bonds is 2. The van der Waals surface area contributed by atoms with Gasteiger partial charge in [-0.2, -0.15) is 13.2 Å². The highest BCUT2D eigenvalue weighted by molar-refractivity contribution is 9.10. The molecule has 0 aliphatic carbocycles. The molecule has 1 aliphatic heterocycles. The minimum atomic E-state index is -4.47. The molecule has 1 saturated heterocycles. The van der Waals surface area contributed by atoms with Crippen LogP contribution in [-0.4, -0.2) is 29.9 Å². The lowest BCUT2D eigenvalue weighted by molar-refractivity contribution is -0.137. The predicted molar refractivity (Wildman–Crippen MR) is 76.9 cm³/mol. The molecule has 1 fully saturated rings. The Bertz CT molecular complexity index is 533. The van der Waals surface area contributed by atoms with Gasteiger partial charge in [0.25, 0.3) is 5.91 Å². The van der Waals surface area contributed by atoms with Gasteiger partial charge >= 0.3 is 6.18 Å². The molecule has 2 N–H and O–H groups in total. The number of benzene rings is 1. The Labute approximate surface area is 129 Å². The largest absolute Gasteiger partial charge is 0.416 e. The van der Waals surface area contributed by atoms with Gasteiger partial charge in [0.15, 0.2) is 0 Å². The number of amides is 1. The first-order valence-electron chi connectivity index (χ1n) is 6.72. The van der Waals surface area contributed by atoms with Gasteiger partial charge in [-0.15, -0.1) is 0 Å². The molecule has 7 heteroatoms. The highest BCUT2D eigenvalue weighted by Crippen LogP contribution is 2.33. The van der Waals surface area contributed by atoms with E-state index in [1.54, 1.807) is 4.90 Å². The van der Waals surface area contributed by atoms with Gasteiger partial charge in [-0.25, -0.2) is 0 Å². The molecule has 0 bridgehead atoms. The zero-order valence-electron chi connectivity index (χ0n) is 11.3. The van der Waals surface area contributed by atoms with Gasteiger partial charge in [0, 0.05) is 23.6 Å². The molecule has 21 heavy (non-hydrogen) atoms. The summed E-state index contributed by atoms with van der Waals surface area (Å²) >= 11 is 3.16. The number of nitrogens with two attached hydrogens (primary N) is 1. The summed E-state index contributed by atoms with van der Waals surface area (Å²) in [5.74, 6) is -0.400. The topological polar surface area (TPSA) is 46.3 Å². The third-order valence-corrected chi connectivity index (χ3v) is 4.38. The second kappa shape index (κ2) is 6.36. The summed E-state index contributed by atoms with van der Waals surface area (Å²) in [5, 5.41) is 0. The van der Waals surface area contributed by atoms with Crippen molar-refractivity contribution in [2.75, 3.05) is 13.1 Å². The van der Waals surface area contributed by atoms with Crippen LogP contribution in [0.15, 0.2) is 22.7 Å². The maximum atomic E-state index is 12.8. The van der Waals surface area contributed by atoms with E-state index in [0.717, 1.165) is 31.4 Å². The highest BCUT2D eigenvalue weighted by atomic mass is 79.9. The van der Waals surface area contributed by atoms with E-state index in [-0.39, 0.29) is 11.6 Å². The monoisotopic (exact) mass is 364 g/mol. The Balaban J connectivity index is 2.33. The van der Waals surface area contributed by atoms with Crippen LogP contribution < -0.4 is 5.73 Å². The molecule has 1 aromatic carbocycles. The molecular formula is C14H16BrF3N2O. The Hall–Kier alpha value is -1.08. The number of alkyl halides is 3. The van der Waals surface area contributed by atoms with Crippen molar-refractivity contribution in [1.82, 2.24) is 4.90 Å². The van der Waals surface area contributed by atoms with Crippen LogP contribution in [-0.2, 0) is 6.18 Å². The van der Waals surface area contributed by atoms with Crippen LogP contribution in [0.3, 0.4) is 0 Å². The molecule has 1 aliphatic rings. The van der Waals surface area contributed by atoms with E-state index in [2.05, 4.69) is 15.9 Å². The number of hydrogen-bond acceptors (Lipinski definition) is 2. The highest BCUT2D eigenvalue weighted by Gasteiger charge is 2.33. The van der Waals surface area contributed by atoms with Crippen LogP contribution in [0.2, 0.25) is 0 Å². The number of hydrogen-bond donors (Lipinski definition) is 1. The van der Waals surface area contributed by atoms with E-state index < -0.39 is 17.6 Å². The molecule has 1 heterocycles. The standard InChI is InChI=1S/C14H16BrF3N2O/c15-12-5-4-9(14(16,17)18)7-11(12)13(21)20-6-2-1-3-10(20)8-19/h4-5,7,10H,1-3,6,8,19H2. The molecule has 1 amide bonds. The fraction of sp³-hybridized carbons (Fsp3) is 0.500. The Morgan fingerprint density at radius 2 is 2.10 bits per heavy atom. The maximum Gasteiger partial charge on any atom is 0.416 e. The van der Waals surface area contributed by atoms with Crippen LogP contribution >= 0.6 is 15.9 Å². The van der Waals surface area contributed by atoms with E-state index in [0.29, 0.717) is 17.6 Å². The Morgan fingerprint density at radius 1 is 1.38 bits per heavy atom. The maximum absolute atomic E-state index is 12.8. The summed E-state index contributed by atoms with van der Waals surface area (Å²) in [6.45, 7) is 0.853. The van der Waals surface area contributed by atoms with Gasteiger partial charge in [0.1, 0.15) is 0 Å². The average molecular weight is 365 g/mol. The van der Waals surface area contributed by atoms with Gasteiger partial charge in [-0.1, -0.05) is 0 Å². The Kier molecular flexibility index (Phi) is 4.93. The summed E-state index contributed by atoms with van der Waals surface area (Å²) < 4.78 is 38.7. The first-order chi connectivity index (χ1) is 9.84. The van der Waals surface area contributed by atoms with Crippen molar-refractivity contribution >= 4 is 21.8 Å². The number of nitrogens with zero attached hydrogens (tertiary/aromatic N) is 1. The number of likely N-dealkylation sites (tertiary alicyclic amines) is 1. The lowest BCUT2D eigenvalue weighted by Gasteiger charge is -2.35. The second-order valence-corrected chi connectivity index (χ2v) is 5.93. The van der Waals surface area contributed by atoms with E-state index in [1.165, 1.54) is 6.07 Å². The quantitative estimate of drug-likeness (QED) is 0.873. The molecule has 0 saturated carbocycles. The van der Waals surface area contributed by atoms with Crippen molar-refractivity contribution in [1.29, 1.82) is 0 Å². The van der Waals surface area contributed by atoms with Gasteiger partial charge in [-0.05, 0) is 53.4 Å². The van der Waals surface area contributed by atoms with E-state index in [4.69, 9.17) is 5.73 Å². The van der Waals surface area contributed by atoms with Gasteiger partial charge in [0.2, 0.25) is 0 Å². The Morgan fingerprint density at radius 3 is 2.71 bits per heavy atom. The zero-order chi connectivity index (χ0) is 15.6. The minimum Gasteiger partial charge on any atom is -0.334 e. The third kappa shape index (κ3) is 3.58. The van der Waals surface area contributed by atoms with Crippen molar-refractivity contribution in [3.8, 4) is 0 Å². The van der Waals surface area contributed by atoms with E-state index >= 15 is 0 Å². The summed E-state index contributed by atoms with van der Waals surface area (Å²) in [6.07, 6.45) is -1.85. The van der Waals surface area contributed by atoms with Gasteiger partial charge < -0.3 is 10.6 Å². The van der Waals surface area contributed by atoms with Gasteiger partial charge in [-0.3, -0.25) is 4.79 Å². The second-order valence-electron chi connectivity index (χ2n) is 5.08. The summed E-state index contributed by atoms with van der Waals surface area (Å²) in [4.78, 5) is 14.1. The normalized spacial score (nSPS) is 19.7. The molecule has 3 nitrogen and oxygen atoms in total. The van der Waals surface area contributed by atoms with E-state index in [1.807, 2.05) is 0 Å².